The zero-order chi connectivity index (χ0) is 20.3. The van der Waals surface area contributed by atoms with Gasteiger partial charge in [-0.05, 0) is 24.5 Å². The minimum absolute atomic E-state index is 0.188. The lowest BCUT2D eigenvalue weighted by molar-refractivity contribution is -0.138. The average Bonchev–Trinajstić information content (AvgIpc) is 3.60. The molecule has 29 heavy (non-hydrogen) atoms. The predicted molar refractivity (Wildman–Crippen MR) is 107 cm³/mol. The number of rotatable bonds is 6. The summed E-state index contributed by atoms with van der Waals surface area (Å²) in [6, 6.07) is 10.4. The molecule has 1 aromatic heterocycles. The number of aromatic nitrogens is 2. The molecule has 1 aliphatic carbocycles. The first-order valence-corrected chi connectivity index (χ1v) is 9.92. The Morgan fingerprint density at radius 1 is 1.03 bits per heavy atom. The van der Waals surface area contributed by atoms with Crippen LogP contribution in [0, 0.1) is 0 Å². The van der Waals surface area contributed by atoms with Gasteiger partial charge in [-0.1, -0.05) is 30.3 Å². The molecule has 0 spiro atoms. The first-order valence-electron chi connectivity index (χ1n) is 9.92. The maximum Gasteiger partial charge on any atom is 0.247 e. The summed E-state index contributed by atoms with van der Waals surface area (Å²) in [4.78, 5) is 38.0. The third kappa shape index (κ3) is 3.93. The van der Waals surface area contributed by atoms with Crippen LogP contribution in [0.15, 0.2) is 48.8 Å². The molecule has 4 rings (SSSR count). The second-order valence-electron chi connectivity index (χ2n) is 7.52. The molecule has 1 saturated carbocycles. The Bertz CT molecular complexity index is 849. The maximum atomic E-state index is 12.9. The molecule has 0 unspecified atom stereocenters. The molecule has 8 heteroatoms. The van der Waals surface area contributed by atoms with E-state index in [0.717, 1.165) is 18.4 Å². The van der Waals surface area contributed by atoms with E-state index in [1.807, 2.05) is 35.2 Å². The van der Waals surface area contributed by atoms with Crippen LogP contribution >= 0.6 is 0 Å². The molecule has 2 fully saturated rings. The molecule has 0 bridgehead atoms. The fourth-order valence-electron chi connectivity index (χ4n) is 3.81. The van der Waals surface area contributed by atoms with Crippen LogP contribution in [-0.2, 0) is 15.0 Å². The van der Waals surface area contributed by atoms with Gasteiger partial charge in [0.25, 0.3) is 0 Å². The van der Waals surface area contributed by atoms with Crippen molar-refractivity contribution >= 4 is 17.8 Å². The van der Waals surface area contributed by atoms with Crippen LogP contribution in [0.5, 0.6) is 0 Å². The summed E-state index contributed by atoms with van der Waals surface area (Å²) in [5.74, 6) is 0.205. The van der Waals surface area contributed by atoms with E-state index >= 15 is 0 Å². The third-order valence-corrected chi connectivity index (χ3v) is 5.72. The van der Waals surface area contributed by atoms with E-state index in [0.29, 0.717) is 32.1 Å². The molecule has 2 aliphatic rings. The highest BCUT2D eigenvalue weighted by molar-refractivity contribution is 5.95. The van der Waals surface area contributed by atoms with Gasteiger partial charge in [0.2, 0.25) is 17.8 Å². The summed E-state index contributed by atoms with van der Waals surface area (Å²) >= 11 is 0. The second kappa shape index (κ2) is 8.16. The van der Waals surface area contributed by atoms with Gasteiger partial charge in [0.15, 0.2) is 0 Å². The number of carbonyl (C=O) groups excluding carboxylic acids is 2. The lowest BCUT2D eigenvalue weighted by atomic mass is 9.94. The molecular formula is C21H25N5O3. The number of nitrogens with zero attached hydrogens (tertiary/aromatic N) is 4. The number of anilines is 1. The van der Waals surface area contributed by atoms with Gasteiger partial charge in [0, 0.05) is 38.6 Å². The summed E-state index contributed by atoms with van der Waals surface area (Å²) in [5, 5.41) is 12.6. The van der Waals surface area contributed by atoms with Gasteiger partial charge in [0.1, 0.15) is 6.04 Å². The van der Waals surface area contributed by atoms with Crippen LogP contribution in [0.4, 0.5) is 5.95 Å². The zero-order valence-electron chi connectivity index (χ0n) is 16.2. The molecule has 1 aromatic carbocycles. The number of piperazine rings is 1. The van der Waals surface area contributed by atoms with E-state index < -0.39 is 18.1 Å². The average molecular weight is 395 g/mol. The Balaban J connectivity index is 1.36. The normalized spacial score (nSPS) is 18.8. The number of nitrogens with one attached hydrogen (secondary N) is 1. The van der Waals surface area contributed by atoms with Crippen LogP contribution in [0.2, 0.25) is 0 Å². The van der Waals surface area contributed by atoms with Crippen LogP contribution in [0.1, 0.15) is 18.4 Å². The van der Waals surface area contributed by atoms with Gasteiger partial charge in [0.05, 0.1) is 12.0 Å². The lowest BCUT2D eigenvalue weighted by Gasteiger charge is -2.36. The third-order valence-electron chi connectivity index (χ3n) is 5.72. The number of aliphatic hydroxyl groups is 1. The van der Waals surface area contributed by atoms with E-state index in [-0.39, 0.29) is 11.8 Å². The summed E-state index contributed by atoms with van der Waals surface area (Å²) in [6.07, 6.45) is 4.89. The summed E-state index contributed by atoms with van der Waals surface area (Å²) in [6.45, 7) is 1.78. The molecule has 152 valence electrons. The van der Waals surface area contributed by atoms with Gasteiger partial charge in [-0.3, -0.25) is 9.59 Å². The Morgan fingerprint density at radius 3 is 2.28 bits per heavy atom. The van der Waals surface area contributed by atoms with Crippen molar-refractivity contribution in [3.05, 3.63) is 54.4 Å². The molecule has 2 amide bonds. The number of hydrogen-bond donors (Lipinski definition) is 2. The van der Waals surface area contributed by atoms with Crippen LogP contribution < -0.4 is 10.2 Å². The van der Waals surface area contributed by atoms with Gasteiger partial charge in [-0.15, -0.1) is 0 Å². The molecule has 1 saturated heterocycles. The number of benzene rings is 1. The number of carbonyl (C=O) groups is 2. The molecule has 8 nitrogen and oxygen atoms in total. The molecule has 2 aromatic rings. The van der Waals surface area contributed by atoms with Gasteiger partial charge < -0.3 is 20.2 Å². The Labute approximate surface area is 169 Å². The van der Waals surface area contributed by atoms with Crippen molar-refractivity contribution in [2.75, 3.05) is 37.7 Å². The Hall–Kier alpha value is -3.00. The van der Waals surface area contributed by atoms with E-state index in [4.69, 9.17) is 0 Å². The van der Waals surface area contributed by atoms with Crippen molar-refractivity contribution in [3.8, 4) is 0 Å². The smallest absolute Gasteiger partial charge is 0.247 e. The molecule has 2 heterocycles. The SMILES string of the molecule is O=C([C@H](CO)NC(=O)C1(c2ccccc2)CC1)N1CCN(c2ncccn2)CC1. The van der Waals surface area contributed by atoms with Crippen molar-refractivity contribution in [2.45, 2.75) is 24.3 Å². The van der Waals surface area contributed by atoms with Crippen LogP contribution in [0.3, 0.4) is 0 Å². The zero-order valence-corrected chi connectivity index (χ0v) is 16.2. The second-order valence-corrected chi connectivity index (χ2v) is 7.52. The highest BCUT2D eigenvalue weighted by Crippen LogP contribution is 2.48. The predicted octanol–water partition coefficient (Wildman–Crippen LogP) is 0.334. The Morgan fingerprint density at radius 2 is 1.69 bits per heavy atom. The fraction of sp³-hybridized carbons (Fsp3) is 0.429. The Kier molecular flexibility index (Phi) is 5.44. The standard InChI is InChI=1S/C21H25N5O3/c27-15-17(24-19(29)21(7-8-21)16-5-2-1-3-6-16)18(28)25-11-13-26(14-12-25)20-22-9-4-10-23-20/h1-6,9-10,17,27H,7-8,11-15H2,(H,24,29)/t17-/m0/s1. The summed E-state index contributed by atoms with van der Waals surface area (Å²) < 4.78 is 0. The van der Waals surface area contributed by atoms with Gasteiger partial charge >= 0.3 is 0 Å². The largest absolute Gasteiger partial charge is 0.394 e. The number of hydrogen-bond acceptors (Lipinski definition) is 6. The fourth-order valence-corrected chi connectivity index (χ4v) is 3.81. The van der Waals surface area contributed by atoms with Crippen molar-refractivity contribution in [1.29, 1.82) is 0 Å². The van der Waals surface area contributed by atoms with Crippen molar-refractivity contribution in [3.63, 3.8) is 0 Å². The van der Waals surface area contributed by atoms with Gasteiger partial charge in [-0.25, -0.2) is 9.97 Å². The molecule has 1 atom stereocenters. The maximum absolute atomic E-state index is 12.9. The highest BCUT2D eigenvalue weighted by atomic mass is 16.3. The highest BCUT2D eigenvalue weighted by Gasteiger charge is 2.52. The minimum atomic E-state index is -0.928. The van der Waals surface area contributed by atoms with Crippen molar-refractivity contribution < 1.29 is 14.7 Å². The van der Waals surface area contributed by atoms with Crippen molar-refractivity contribution in [1.82, 2.24) is 20.2 Å². The number of aliphatic hydroxyl groups excluding tert-OH is 1. The van der Waals surface area contributed by atoms with Crippen molar-refractivity contribution in [2.24, 2.45) is 0 Å². The number of amides is 2. The minimum Gasteiger partial charge on any atom is -0.394 e. The summed E-state index contributed by atoms with van der Waals surface area (Å²) in [7, 11) is 0. The van der Waals surface area contributed by atoms with Gasteiger partial charge in [-0.2, -0.15) is 0 Å². The van der Waals surface area contributed by atoms with E-state index in [1.165, 1.54) is 0 Å². The van der Waals surface area contributed by atoms with Crippen LogP contribution in [-0.4, -0.2) is 70.6 Å². The van der Waals surface area contributed by atoms with E-state index in [9.17, 15) is 14.7 Å². The lowest BCUT2D eigenvalue weighted by Crippen LogP contribution is -2.57. The first-order chi connectivity index (χ1) is 14.1. The first kappa shape index (κ1) is 19.3. The molecule has 2 N–H and O–H groups in total. The molecular weight excluding hydrogens is 370 g/mol. The molecule has 1 aliphatic heterocycles. The topological polar surface area (TPSA) is 98.7 Å². The quantitative estimate of drug-likeness (QED) is 0.732. The van der Waals surface area contributed by atoms with Crippen LogP contribution in [0.25, 0.3) is 0 Å². The van der Waals surface area contributed by atoms with E-state index in [2.05, 4.69) is 15.3 Å². The monoisotopic (exact) mass is 395 g/mol. The summed E-state index contributed by atoms with van der Waals surface area (Å²) in [5.41, 5.74) is 0.385. The molecule has 0 radical (unpaired) electrons. The van der Waals surface area contributed by atoms with E-state index in [1.54, 1.807) is 23.4 Å².